The van der Waals surface area contributed by atoms with Crippen molar-refractivity contribution in [2.75, 3.05) is 0 Å². The van der Waals surface area contributed by atoms with Crippen LogP contribution in [0.5, 0.6) is 0 Å². The minimum Gasteiger partial charge on any atom is -0.300 e. The van der Waals surface area contributed by atoms with Crippen molar-refractivity contribution in [2.45, 2.75) is 39.5 Å². The SMILES string of the molecule is CCC(=O)CCCC(=O)c1sc(C)nc1Cl. The summed E-state index contributed by atoms with van der Waals surface area (Å²) in [4.78, 5) is 27.3. The lowest BCUT2D eigenvalue weighted by Crippen LogP contribution is -2.00. The molecule has 1 heterocycles. The highest BCUT2D eigenvalue weighted by atomic mass is 35.5. The topological polar surface area (TPSA) is 47.0 Å². The van der Waals surface area contributed by atoms with E-state index in [4.69, 9.17) is 11.6 Å². The first kappa shape index (κ1) is 13.3. The summed E-state index contributed by atoms with van der Waals surface area (Å²) in [5, 5.41) is 1.08. The van der Waals surface area contributed by atoms with Crippen molar-refractivity contribution < 1.29 is 9.59 Å². The first-order valence-corrected chi connectivity index (χ1v) is 6.41. The quantitative estimate of drug-likeness (QED) is 0.736. The number of aryl methyl sites for hydroxylation is 1. The third-order valence-electron chi connectivity index (χ3n) is 2.20. The standard InChI is InChI=1S/C11H14ClNO2S/c1-3-8(14)5-4-6-9(15)10-11(12)13-7(2)16-10/h3-6H2,1-2H3. The molecule has 0 aliphatic rings. The van der Waals surface area contributed by atoms with Gasteiger partial charge in [-0.1, -0.05) is 18.5 Å². The fourth-order valence-electron chi connectivity index (χ4n) is 1.31. The van der Waals surface area contributed by atoms with Crippen molar-refractivity contribution in [3.63, 3.8) is 0 Å². The average molecular weight is 260 g/mol. The number of carbonyl (C=O) groups is 2. The molecule has 0 aliphatic heterocycles. The van der Waals surface area contributed by atoms with E-state index < -0.39 is 0 Å². The largest absolute Gasteiger partial charge is 0.300 e. The third-order valence-corrected chi connectivity index (χ3v) is 3.60. The molecule has 0 spiro atoms. The fraction of sp³-hybridized carbons (Fsp3) is 0.545. The summed E-state index contributed by atoms with van der Waals surface area (Å²) in [6.07, 6.45) is 1.97. The molecule has 0 N–H and O–H groups in total. The Hall–Kier alpha value is -0.740. The molecule has 1 aromatic rings. The zero-order valence-electron chi connectivity index (χ0n) is 9.38. The summed E-state index contributed by atoms with van der Waals surface area (Å²) >= 11 is 7.13. The molecule has 0 fully saturated rings. The van der Waals surface area contributed by atoms with Crippen molar-refractivity contribution in [2.24, 2.45) is 0 Å². The Kier molecular flexibility index (Phi) is 5.09. The lowest BCUT2D eigenvalue weighted by Gasteiger charge is -1.97. The van der Waals surface area contributed by atoms with E-state index in [0.717, 1.165) is 5.01 Å². The molecule has 1 rings (SSSR count). The molecule has 0 radical (unpaired) electrons. The van der Waals surface area contributed by atoms with Crippen molar-refractivity contribution in [1.29, 1.82) is 0 Å². The molecular formula is C11H14ClNO2S. The molecule has 1 aromatic heterocycles. The maximum Gasteiger partial charge on any atom is 0.176 e. The highest BCUT2D eigenvalue weighted by Gasteiger charge is 2.15. The molecule has 0 amide bonds. The average Bonchev–Trinajstić information content (AvgIpc) is 2.57. The van der Waals surface area contributed by atoms with Gasteiger partial charge in [-0.3, -0.25) is 9.59 Å². The summed E-state index contributed by atoms with van der Waals surface area (Å²) in [5.74, 6) is 0.180. The van der Waals surface area contributed by atoms with Crippen LogP contribution in [-0.4, -0.2) is 16.6 Å². The van der Waals surface area contributed by atoms with Crippen LogP contribution >= 0.6 is 22.9 Å². The van der Waals surface area contributed by atoms with Crippen molar-refractivity contribution in [1.82, 2.24) is 4.98 Å². The summed E-state index contributed by atoms with van der Waals surface area (Å²) in [7, 11) is 0. The normalized spacial score (nSPS) is 10.4. The fourth-order valence-corrected chi connectivity index (χ4v) is 2.49. The first-order chi connectivity index (χ1) is 7.54. The molecule has 5 heteroatoms. The summed E-state index contributed by atoms with van der Waals surface area (Å²) in [6, 6.07) is 0. The van der Waals surface area contributed by atoms with Gasteiger partial charge in [-0.05, 0) is 13.3 Å². The van der Waals surface area contributed by atoms with Crippen LogP contribution < -0.4 is 0 Å². The number of carbonyl (C=O) groups excluding carboxylic acids is 2. The second-order valence-corrected chi connectivity index (χ2v) is 5.08. The molecule has 0 unspecified atom stereocenters. The predicted octanol–water partition coefficient (Wildman–Crippen LogP) is 3.44. The Balaban J connectivity index is 2.47. The Morgan fingerprint density at radius 1 is 1.38 bits per heavy atom. The number of hydrogen-bond acceptors (Lipinski definition) is 4. The number of nitrogens with zero attached hydrogens (tertiary/aromatic N) is 1. The van der Waals surface area contributed by atoms with Gasteiger partial charge in [0.05, 0.1) is 5.01 Å². The lowest BCUT2D eigenvalue weighted by atomic mass is 10.1. The maximum absolute atomic E-state index is 11.7. The number of rotatable bonds is 6. The molecule has 0 saturated heterocycles. The Morgan fingerprint density at radius 2 is 2.06 bits per heavy atom. The van der Waals surface area contributed by atoms with E-state index in [0.29, 0.717) is 30.6 Å². The highest BCUT2D eigenvalue weighted by molar-refractivity contribution is 7.14. The van der Waals surface area contributed by atoms with Gasteiger partial charge >= 0.3 is 0 Å². The van der Waals surface area contributed by atoms with Gasteiger partial charge in [0.2, 0.25) is 0 Å². The van der Waals surface area contributed by atoms with Crippen LogP contribution in [0.1, 0.15) is 47.3 Å². The smallest absolute Gasteiger partial charge is 0.176 e. The Morgan fingerprint density at radius 3 is 2.56 bits per heavy atom. The monoisotopic (exact) mass is 259 g/mol. The van der Waals surface area contributed by atoms with Crippen LogP contribution in [0.15, 0.2) is 0 Å². The number of Topliss-reactive ketones (excluding diaryl/α,β-unsaturated/α-hetero) is 2. The van der Waals surface area contributed by atoms with E-state index in [1.165, 1.54) is 11.3 Å². The van der Waals surface area contributed by atoms with E-state index in [1.807, 2.05) is 13.8 Å². The van der Waals surface area contributed by atoms with Crippen LogP contribution in [0.2, 0.25) is 5.15 Å². The van der Waals surface area contributed by atoms with Gasteiger partial charge in [0.15, 0.2) is 10.9 Å². The molecule has 0 bridgehead atoms. The van der Waals surface area contributed by atoms with Gasteiger partial charge in [0, 0.05) is 19.3 Å². The number of ketones is 2. The summed E-state index contributed by atoms with van der Waals surface area (Å²) in [5.41, 5.74) is 0. The van der Waals surface area contributed by atoms with Crippen LogP contribution in [-0.2, 0) is 4.79 Å². The highest BCUT2D eigenvalue weighted by Crippen LogP contribution is 2.24. The van der Waals surface area contributed by atoms with Crippen LogP contribution in [0, 0.1) is 6.92 Å². The zero-order valence-corrected chi connectivity index (χ0v) is 11.0. The van der Waals surface area contributed by atoms with Crippen molar-refractivity contribution >= 4 is 34.5 Å². The lowest BCUT2D eigenvalue weighted by molar-refractivity contribution is -0.118. The van der Waals surface area contributed by atoms with Crippen LogP contribution in [0.3, 0.4) is 0 Å². The minimum absolute atomic E-state index is 0.0143. The van der Waals surface area contributed by atoms with Crippen LogP contribution in [0.4, 0.5) is 0 Å². The van der Waals surface area contributed by atoms with E-state index in [2.05, 4.69) is 4.98 Å². The zero-order chi connectivity index (χ0) is 12.1. The second kappa shape index (κ2) is 6.11. The van der Waals surface area contributed by atoms with Gasteiger partial charge in [-0.2, -0.15) is 0 Å². The molecule has 0 saturated carbocycles. The third kappa shape index (κ3) is 3.68. The van der Waals surface area contributed by atoms with Gasteiger partial charge < -0.3 is 0 Å². The van der Waals surface area contributed by atoms with Gasteiger partial charge in [-0.15, -0.1) is 11.3 Å². The van der Waals surface area contributed by atoms with Crippen molar-refractivity contribution in [3.8, 4) is 0 Å². The van der Waals surface area contributed by atoms with E-state index in [-0.39, 0.29) is 16.7 Å². The van der Waals surface area contributed by atoms with Gasteiger partial charge in [0.1, 0.15) is 10.7 Å². The molecule has 88 valence electrons. The molecule has 0 aliphatic carbocycles. The molecule has 0 aromatic carbocycles. The number of hydrogen-bond donors (Lipinski definition) is 0. The Labute approximate surface area is 104 Å². The number of halogens is 1. The van der Waals surface area contributed by atoms with Gasteiger partial charge in [-0.25, -0.2) is 4.98 Å². The molecular weight excluding hydrogens is 246 g/mol. The summed E-state index contributed by atoms with van der Waals surface area (Å²) in [6.45, 7) is 3.64. The first-order valence-electron chi connectivity index (χ1n) is 5.22. The minimum atomic E-state index is -0.0143. The van der Waals surface area contributed by atoms with Crippen LogP contribution in [0.25, 0.3) is 0 Å². The number of thiazole rings is 1. The Bertz CT molecular complexity index is 401. The van der Waals surface area contributed by atoms with E-state index in [9.17, 15) is 9.59 Å². The maximum atomic E-state index is 11.7. The van der Waals surface area contributed by atoms with E-state index >= 15 is 0 Å². The van der Waals surface area contributed by atoms with E-state index in [1.54, 1.807) is 0 Å². The summed E-state index contributed by atoms with van der Waals surface area (Å²) < 4.78 is 0. The molecule has 0 atom stereocenters. The molecule has 16 heavy (non-hydrogen) atoms. The van der Waals surface area contributed by atoms with Gasteiger partial charge in [0.25, 0.3) is 0 Å². The second-order valence-electron chi connectivity index (χ2n) is 3.52. The molecule has 3 nitrogen and oxygen atoms in total. The number of aromatic nitrogens is 1. The van der Waals surface area contributed by atoms with Crippen molar-refractivity contribution in [3.05, 3.63) is 15.0 Å². The predicted molar refractivity (Wildman–Crippen MR) is 65.3 cm³/mol.